The Morgan fingerprint density at radius 3 is 1.85 bits per heavy atom. The van der Waals surface area contributed by atoms with Crippen LogP contribution >= 0.6 is 0 Å². The van der Waals surface area contributed by atoms with Crippen molar-refractivity contribution in [3.8, 4) is 0 Å². The Morgan fingerprint density at radius 1 is 1.05 bits per heavy atom. The first-order valence-corrected chi connectivity index (χ1v) is 7.58. The molecule has 0 saturated heterocycles. The highest BCUT2D eigenvalue weighted by molar-refractivity contribution is 7.91. The van der Waals surface area contributed by atoms with Crippen LogP contribution < -0.4 is 0 Å². The van der Waals surface area contributed by atoms with Gasteiger partial charge in [-0.3, -0.25) is 9.59 Å². The zero-order valence-electron chi connectivity index (χ0n) is 11.5. The fraction of sp³-hybridized carbons (Fsp3) is 0.385. The molecule has 0 aliphatic heterocycles. The zero-order chi connectivity index (χ0) is 15.3. The highest BCUT2D eigenvalue weighted by Gasteiger charge is 2.19. The summed E-state index contributed by atoms with van der Waals surface area (Å²) in [6.07, 6.45) is -1.18. The maximum Gasteiger partial charge on any atom is 0.305 e. The Kier molecular flexibility index (Phi) is 5.26. The van der Waals surface area contributed by atoms with Crippen molar-refractivity contribution in [1.82, 2.24) is 0 Å². The zero-order valence-corrected chi connectivity index (χ0v) is 12.3. The van der Waals surface area contributed by atoms with Crippen LogP contribution in [0.2, 0.25) is 0 Å². The van der Waals surface area contributed by atoms with Gasteiger partial charge in [0.25, 0.3) is 6.29 Å². The molecule has 0 aliphatic rings. The van der Waals surface area contributed by atoms with Crippen LogP contribution in [0.4, 0.5) is 0 Å². The summed E-state index contributed by atoms with van der Waals surface area (Å²) in [6, 6.07) is 5.65. The third kappa shape index (κ3) is 4.34. The Labute approximate surface area is 117 Å². The van der Waals surface area contributed by atoms with Gasteiger partial charge >= 0.3 is 11.9 Å². The van der Waals surface area contributed by atoms with Gasteiger partial charge in [0, 0.05) is 19.4 Å². The summed E-state index contributed by atoms with van der Waals surface area (Å²) in [4.78, 5) is 22.1. The number of benzene rings is 1. The smallest absolute Gasteiger partial charge is 0.305 e. The normalized spacial score (nSPS) is 11.2. The predicted octanol–water partition coefficient (Wildman–Crippen LogP) is 1.61. The van der Waals surface area contributed by atoms with E-state index < -0.39 is 28.1 Å². The summed E-state index contributed by atoms with van der Waals surface area (Å²) in [7, 11) is -3.30. The molecular weight excluding hydrogens is 284 g/mol. The number of hydrogen-bond donors (Lipinski definition) is 0. The third-order valence-electron chi connectivity index (χ3n) is 2.44. The number of rotatable bonds is 5. The third-order valence-corrected chi connectivity index (χ3v) is 4.19. The van der Waals surface area contributed by atoms with Gasteiger partial charge in [0.15, 0.2) is 9.84 Å². The summed E-state index contributed by atoms with van der Waals surface area (Å²) in [5.74, 6) is -1.23. The second-order valence-electron chi connectivity index (χ2n) is 4.02. The van der Waals surface area contributed by atoms with Gasteiger partial charge in [-0.2, -0.15) is 0 Å². The van der Waals surface area contributed by atoms with Gasteiger partial charge < -0.3 is 9.47 Å². The molecule has 1 rings (SSSR count). The highest BCUT2D eigenvalue weighted by atomic mass is 32.2. The summed E-state index contributed by atoms with van der Waals surface area (Å²) < 4.78 is 33.1. The molecular formula is C13H16O6S. The van der Waals surface area contributed by atoms with Crippen LogP contribution in [-0.2, 0) is 28.9 Å². The second kappa shape index (κ2) is 6.51. The molecule has 0 saturated carbocycles. The lowest BCUT2D eigenvalue weighted by atomic mass is 10.2. The van der Waals surface area contributed by atoms with E-state index in [1.807, 2.05) is 0 Å². The van der Waals surface area contributed by atoms with E-state index in [2.05, 4.69) is 0 Å². The molecule has 1 aromatic carbocycles. The maximum atomic E-state index is 11.7. The number of carbonyl (C=O) groups excluding carboxylic acids is 2. The molecule has 6 nitrogen and oxygen atoms in total. The lowest BCUT2D eigenvalue weighted by Crippen LogP contribution is -2.15. The number of sulfone groups is 1. The van der Waals surface area contributed by atoms with Gasteiger partial charge in [-0.1, -0.05) is 19.1 Å². The molecule has 0 aromatic heterocycles. The maximum absolute atomic E-state index is 11.7. The van der Waals surface area contributed by atoms with Crippen molar-refractivity contribution >= 4 is 21.8 Å². The fourth-order valence-electron chi connectivity index (χ4n) is 1.46. The van der Waals surface area contributed by atoms with Crippen molar-refractivity contribution in [2.45, 2.75) is 32.0 Å². The fourth-order valence-corrected chi connectivity index (χ4v) is 2.34. The van der Waals surface area contributed by atoms with Crippen LogP contribution in [0.15, 0.2) is 29.2 Å². The van der Waals surface area contributed by atoms with Crippen molar-refractivity contribution in [3.05, 3.63) is 29.8 Å². The molecule has 0 bridgehead atoms. The SMILES string of the molecule is CCS(=O)(=O)c1ccc(C(OC(C)=O)OC(C)=O)cc1. The van der Waals surface area contributed by atoms with E-state index in [-0.39, 0.29) is 10.6 Å². The molecule has 0 heterocycles. The molecule has 1 aromatic rings. The number of esters is 2. The van der Waals surface area contributed by atoms with Gasteiger partial charge in [0.1, 0.15) is 0 Å². The monoisotopic (exact) mass is 300 g/mol. The van der Waals surface area contributed by atoms with Crippen molar-refractivity contribution in [2.75, 3.05) is 5.75 Å². The van der Waals surface area contributed by atoms with Gasteiger partial charge in [0.05, 0.1) is 10.6 Å². The second-order valence-corrected chi connectivity index (χ2v) is 6.30. The van der Waals surface area contributed by atoms with Gasteiger partial charge in [0.2, 0.25) is 0 Å². The lowest BCUT2D eigenvalue weighted by molar-refractivity contribution is -0.186. The first-order chi connectivity index (χ1) is 9.26. The molecule has 0 aliphatic carbocycles. The lowest BCUT2D eigenvalue weighted by Gasteiger charge is -2.17. The van der Waals surface area contributed by atoms with Crippen LogP contribution in [-0.4, -0.2) is 26.1 Å². The summed E-state index contributed by atoms with van der Waals surface area (Å²) in [5, 5.41) is 0. The van der Waals surface area contributed by atoms with Crippen molar-refractivity contribution in [1.29, 1.82) is 0 Å². The van der Waals surface area contributed by atoms with E-state index in [0.29, 0.717) is 5.56 Å². The van der Waals surface area contributed by atoms with Crippen molar-refractivity contribution in [3.63, 3.8) is 0 Å². The quantitative estimate of drug-likeness (QED) is 0.606. The Hall–Kier alpha value is -1.89. The Morgan fingerprint density at radius 2 is 1.50 bits per heavy atom. The molecule has 0 spiro atoms. The molecule has 0 fully saturated rings. The largest absolute Gasteiger partial charge is 0.421 e. The number of ether oxygens (including phenoxy) is 2. The van der Waals surface area contributed by atoms with Crippen LogP contribution in [0.5, 0.6) is 0 Å². The van der Waals surface area contributed by atoms with Crippen LogP contribution in [0.25, 0.3) is 0 Å². The first-order valence-electron chi connectivity index (χ1n) is 5.93. The predicted molar refractivity (Wildman–Crippen MR) is 70.4 cm³/mol. The van der Waals surface area contributed by atoms with Crippen LogP contribution in [0.3, 0.4) is 0 Å². The molecule has 0 amide bonds. The van der Waals surface area contributed by atoms with Crippen molar-refractivity contribution < 1.29 is 27.5 Å². The summed E-state index contributed by atoms with van der Waals surface area (Å²) >= 11 is 0. The van der Waals surface area contributed by atoms with Gasteiger partial charge in [-0.25, -0.2) is 8.42 Å². The van der Waals surface area contributed by atoms with Gasteiger partial charge in [-0.15, -0.1) is 0 Å². The molecule has 110 valence electrons. The average Bonchev–Trinajstić information content (AvgIpc) is 2.37. The van der Waals surface area contributed by atoms with Crippen molar-refractivity contribution in [2.24, 2.45) is 0 Å². The van der Waals surface area contributed by atoms with Gasteiger partial charge in [-0.05, 0) is 12.1 Å². The van der Waals surface area contributed by atoms with E-state index in [9.17, 15) is 18.0 Å². The molecule has 20 heavy (non-hydrogen) atoms. The Bertz CT molecular complexity index is 572. The van der Waals surface area contributed by atoms with E-state index in [1.54, 1.807) is 6.92 Å². The molecule has 0 N–H and O–H groups in total. The van der Waals surface area contributed by atoms with E-state index >= 15 is 0 Å². The van der Waals surface area contributed by atoms with E-state index in [0.717, 1.165) is 0 Å². The minimum Gasteiger partial charge on any atom is -0.421 e. The summed E-state index contributed by atoms with van der Waals surface area (Å²) in [6.45, 7) is 3.92. The minimum absolute atomic E-state index is 0.0103. The van der Waals surface area contributed by atoms with E-state index in [4.69, 9.17) is 9.47 Å². The first kappa shape index (κ1) is 16.2. The average molecular weight is 300 g/mol. The van der Waals surface area contributed by atoms with Crippen LogP contribution in [0, 0.1) is 0 Å². The molecule has 7 heteroatoms. The summed E-state index contributed by atoms with van der Waals surface area (Å²) in [5.41, 5.74) is 0.380. The Balaban J connectivity index is 3.04. The highest BCUT2D eigenvalue weighted by Crippen LogP contribution is 2.22. The van der Waals surface area contributed by atoms with E-state index in [1.165, 1.54) is 38.1 Å². The number of carbonyl (C=O) groups is 2. The minimum atomic E-state index is -3.30. The molecule has 0 radical (unpaired) electrons. The molecule has 0 unspecified atom stereocenters. The molecule has 0 atom stereocenters. The van der Waals surface area contributed by atoms with Crippen LogP contribution in [0.1, 0.15) is 32.6 Å². The topological polar surface area (TPSA) is 86.7 Å². The number of hydrogen-bond acceptors (Lipinski definition) is 6. The standard InChI is InChI=1S/C13H16O6S/c1-4-20(16,17)12-7-5-11(6-8-12)13(18-9(2)14)19-10(3)15/h5-8,13H,4H2,1-3H3.